The molecule has 0 aliphatic heterocycles. The number of nitrogen functional groups attached to an aromatic ring is 1. The average molecular weight is 251 g/mol. The summed E-state index contributed by atoms with van der Waals surface area (Å²) < 4.78 is 0. The molecule has 3 N–H and O–H groups in total. The average Bonchev–Trinajstić information content (AvgIpc) is 2.28. The Bertz CT molecular complexity index is 441. The molecule has 0 aromatic heterocycles. The number of rotatable bonds is 5. The van der Waals surface area contributed by atoms with Gasteiger partial charge >= 0.3 is 5.97 Å². The molecule has 0 fully saturated rings. The number of carbonyl (C=O) groups is 1. The third kappa shape index (κ3) is 4.15. The topological polar surface area (TPSA) is 63.3 Å². The van der Waals surface area contributed by atoms with Gasteiger partial charge in [0.1, 0.15) is 0 Å². The predicted octanol–water partition coefficient (Wildman–Crippen LogP) is 3.09. The molecule has 0 unspecified atom stereocenters. The van der Waals surface area contributed by atoms with Gasteiger partial charge in [0.05, 0.1) is 0 Å². The van der Waals surface area contributed by atoms with Gasteiger partial charge in [-0.05, 0) is 31.0 Å². The summed E-state index contributed by atoms with van der Waals surface area (Å²) in [6.45, 7) is 3.86. The lowest BCUT2D eigenvalue weighted by Gasteiger charge is -2.05. The third-order valence-electron chi connectivity index (χ3n) is 2.44. The monoisotopic (exact) mass is 251 g/mol. The van der Waals surface area contributed by atoms with Gasteiger partial charge in [-0.3, -0.25) is 0 Å². The molecule has 0 bridgehead atoms. The van der Waals surface area contributed by atoms with Gasteiger partial charge in [-0.15, -0.1) is 11.8 Å². The van der Waals surface area contributed by atoms with Gasteiger partial charge in [0.25, 0.3) is 0 Å². The number of thioether (sulfide) groups is 1. The summed E-state index contributed by atoms with van der Waals surface area (Å²) in [5.74, 6) is -0.183. The van der Waals surface area contributed by atoms with Crippen molar-refractivity contribution >= 4 is 23.4 Å². The Hall–Kier alpha value is -1.42. The Morgan fingerprint density at radius 1 is 1.53 bits per heavy atom. The second-order valence-corrected chi connectivity index (χ2v) is 4.79. The summed E-state index contributed by atoms with van der Waals surface area (Å²) >= 11 is 1.60. The van der Waals surface area contributed by atoms with Gasteiger partial charge in [0.15, 0.2) is 0 Å². The van der Waals surface area contributed by atoms with Crippen molar-refractivity contribution in [2.24, 2.45) is 0 Å². The van der Waals surface area contributed by atoms with Crippen molar-refractivity contribution in [1.82, 2.24) is 0 Å². The second kappa shape index (κ2) is 6.35. The maximum absolute atomic E-state index is 10.8. The SMILES string of the molecule is CCC(=CCSc1cc(N)ccc1C)C(=O)O. The maximum Gasteiger partial charge on any atom is 0.331 e. The van der Waals surface area contributed by atoms with Crippen LogP contribution in [0.5, 0.6) is 0 Å². The molecule has 1 aromatic carbocycles. The van der Waals surface area contributed by atoms with Crippen molar-refractivity contribution in [3.8, 4) is 0 Å². The number of carboxylic acid groups (broad SMARTS) is 1. The fourth-order valence-electron chi connectivity index (χ4n) is 1.39. The van der Waals surface area contributed by atoms with E-state index in [1.54, 1.807) is 17.8 Å². The number of aliphatic carboxylic acids is 1. The van der Waals surface area contributed by atoms with Gasteiger partial charge in [0.2, 0.25) is 0 Å². The number of aryl methyl sites for hydroxylation is 1. The van der Waals surface area contributed by atoms with E-state index in [1.807, 2.05) is 32.0 Å². The highest BCUT2D eigenvalue weighted by atomic mass is 32.2. The van der Waals surface area contributed by atoms with Crippen molar-refractivity contribution in [1.29, 1.82) is 0 Å². The Morgan fingerprint density at radius 3 is 2.82 bits per heavy atom. The minimum Gasteiger partial charge on any atom is -0.478 e. The number of hydrogen-bond acceptors (Lipinski definition) is 3. The quantitative estimate of drug-likeness (QED) is 0.479. The van der Waals surface area contributed by atoms with Crippen LogP contribution in [-0.2, 0) is 4.79 Å². The highest BCUT2D eigenvalue weighted by Crippen LogP contribution is 2.25. The van der Waals surface area contributed by atoms with E-state index in [0.717, 1.165) is 16.1 Å². The first-order valence-electron chi connectivity index (χ1n) is 5.45. The second-order valence-electron chi connectivity index (χ2n) is 3.72. The lowest BCUT2D eigenvalue weighted by atomic mass is 10.2. The largest absolute Gasteiger partial charge is 0.478 e. The molecule has 4 heteroatoms. The van der Waals surface area contributed by atoms with Gasteiger partial charge in [-0.25, -0.2) is 4.79 Å². The van der Waals surface area contributed by atoms with Crippen LogP contribution in [0.1, 0.15) is 18.9 Å². The molecule has 3 nitrogen and oxygen atoms in total. The molecule has 0 amide bonds. The van der Waals surface area contributed by atoms with Gasteiger partial charge < -0.3 is 10.8 Å². The van der Waals surface area contributed by atoms with E-state index in [2.05, 4.69) is 0 Å². The zero-order chi connectivity index (χ0) is 12.8. The zero-order valence-corrected chi connectivity index (χ0v) is 10.9. The van der Waals surface area contributed by atoms with Crippen LogP contribution in [0.2, 0.25) is 0 Å². The summed E-state index contributed by atoms with van der Waals surface area (Å²) in [6.07, 6.45) is 2.31. The Kier molecular flexibility index (Phi) is 5.10. The molecule has 1 rings (SSSR count). The van der Waals surface area contributed by atoms with E-state index >= 15 is 0 Å². The molecule has 0 radical (unpaired) electrons. The first kappa shape index (κ1) is 13.6. The molecule has 0 saturated carbocycles. The van der Waals surface area contributed by atoms with E-state index in [9.17, 15) is 4.79 Å². The standard InChI is InChI=1S/C13H17NO2S/c1-3-10(13(15)16)6-7-17-12-8-11(14)5-4-9(12)2/h4-6,8H,3,7,14H2,1-2H3,(H,15,16). The van der Waals surface area contributed by atoms with Crippen LogP contribution < -0.4 is 5.73 Å². The Balaban J connectivity index is 2.67. The van der Waals surface area contributed by atoms with E-state index in [-0.39, 0.29) is 0 Å². The summed E-state index contributed by atoms with van der Waals surface area (Å²) in [6, 6.07) is 5.75. The minimum atomic E-state index is -0.836. The van der Waals surface area contributed by atoms with Crippen molar-refractivity contribution in [3.05, 3.63) is 35.4 Å². The molecule has 0 aliphatic carbocycles. The molecule has 1 aromatic rings. The van der Waals surface area contributed by atoms with E-state index < -0.39 is 5.97 Å². The normalized spacial score (nSPS) is 11.5. The Labute approximate surface area is 106 Å². The van der Waals surface area contributed by atoms with Crippen LogP contribution in [0.3, 0.4) is 0 Å². The van der Waals surface area contributed by atoms with E-state index in [4.69, 9.17) is 10.8 Å². The number of nitrogens with two attached hydrogens (primary N) is 1. The molecule has 0 spiro atoms. The van der Waals surface area contributed by atoms with Crippen molar-refractivity contribution in [2.45, 2.75) is 25.2 Å². The van der Waals surface area contributed by atoms with Gasteiger partial charge in [-0.2, -0.15) is 0 Å². The minimum absolute atomic E-state index is 0.457. The van der Waals surface area contributed by atoms with Crippen LogP contribution in [0.4, 0.5) is 5.69 Å². The first-order valence-corrected chi connectivity index (χ1v) is 6.44. The molecular formula is C13H17NO2S. The fraction of sp³-hybridized carbons (Fsp3) is 0.308. The fourth-order valence-corrected chi connectivity index (χ4v) is 2.37. The highest BCUT2D eigenvalue weighted by Gasteiger charge is 2.04. The summed E-state index contributed by atoms with van der Waals surface area (Å²) in [7, 11) is 0. The van der Waals surface area contributed by atoms with Crippen LogP contribution in [0.25, 0.3) is 0 Å². The molecule has 92 valence electrons. The van der Waals surface area contributed by atoms with Crippen LogP contribution >= 0.6 is 11.8 Å². The number of benzene rings is 1. The molecule has 17 heavy (non-hydrogen) atoms. The number of carboxylic acids is 1. The van der Waals surface area contributed by atoms with Gasteiger partial charge in [-0.1, -0.05) is 19.1 Å². The van der Waals surface area contributed by atoms with Gasteiger partial charge in [0, 0.05) is 21.9 Å². The van der Waals surface area contributed by atoms with E-state index in [1.165, 1.54) is 0 Å². The summed E-state index contributed by atoms with van der Waals surface area (Å²) in [5, 5.41) is 8.87. The third-order valence-corrected chi connectivity index (χ3v) is 3.52. The maximum atomic E-state index is 10.8. The molecular weight excluding hydrogens is 234 g/mol. The summed E-state index contributed by atoms with van der Waals surface area (Å²) in [4.78, 5) is 11.9. The number of hydrogen-bond donors (Lipinski definition) is 2. The lowest BCUT2D eigenvalue weighted by molar-refractivity contribution is -0.132. The van der Waals surface area contributed by atoms with Crippen LogP contribution in [-0.4, -0.2) is 16.8 Å². The first-order chi connectivity index (χ1) is 8.04. The van der Waals surface area contributed by atoms with Crippen LogP contribution in [0, 0.1) is 6.92 Å². The lowest BCUT2D eigenvalue weighted by Crippen LogP contribution is -1.99. The Morgan fingerprint density at radius 2 is 2.24 bits per heavy atom. The van der Waals surface area contributed by atoms with Crippen molar-refractivity contribution in [3.63, 3.8) is 0 Å². The molecule has 0 saturated heterocycles. The van der Waals surface area contributed by atoms with Crippen molar-refractivity contribution in [2.75, 3.05) is 11.5 Å². The molecule has 0 atom stereocenters. The smallest absolute Gasteiger partial charge is 0.331 e. The summed E-state index contributed by atoms with van der Waals surface area (Å²) in [5.41, 5.74) is 8.06. The molecule has 0 aliphatic rings. The molecule has 0 heterocycles. The van der Waals surface area contributed by atoms with Crippen LogP contribution in [0.15, 0.2) is 34.7 Å². The predicted molar refractivity (Wildman–Crippen MR) is 72.3 cm³/mol. The highest BCUT2D eigenvalue weighted by molar-refractivity contribution is 7.99. The number of anilines is 1. The van der Waals surface area contributed by atoms with E-state index in [0.29, 0.717) is 17.7 Å². The van der Waals surface area contributed by atoms with Crippen molar-refractivity contribution < 1.29 is 9.90 Å². The zero-order valence-electron chi connectivity index (χ0n) is 10.1.